The maximum absolute atomic E-state index is 11.5. The van der Waals surface area contributed by atoms with Crippen LogP contribution < -0.4 is 15.4 Å². The maximum atomic E-state index is 11.5. The Morgan fingerprint density at radius 1 is 1.21 bits per heavy atom. The van der Waals surface area contributed by atoms with Gasteiger partial charge in [-0.2, -0.15) is 0 Å². The topological polar surface area (TPSA) is 102 Å². The summed E-state index contributed by atoms with van der Waals surface area (Å²) in [6, 6.07) is 7.04. The zero-order chi connectivity index (χ0) is 17.5. The maximum Gasteiger partial charge on any atom is 0.353 e. The van der Waals surface area contributed by atoms with Crippen molar-refractivity contribution < 1.29 is 9.66 Å². The number of nitrogens with zero attached hydrogens (tertiary/aromatic N) is 3. The lowest BCUT2D eigenvalue weighted by Gasteiger charge is -2.11. The summed E-state index contributed by atoms with van der Waals surface area (Å²) in [7, 11) is 1.58. The van der Waals surface area contributed by atoms with Crippen LogP contribution in [0.15, 0.2) is 30.6 Å². The van der Waals surface area contributed by atoms with E-state index in [2.05, 4.69) is 34.4 Å². The van der Waals surface area contributed by atoms with Crippen LogP contribution in [-0.4, -0.2) is 28.5 Å². The van der Waals surface area contributed by atoms with Gasteiger partial charge >= 0.3 is 5.69 Å². The number of benzene rings is 1. The van der Waals surface area contributed by atoms with Crippen molar-refractivity contribution in [3.05, 3.63) is 40.7 Å². The average molecular weight is 331 g/mol. The molecule has 2 N–H and O–H groups in total. The number of hydrogen-bond acceptors (Lipinski definition) is 7. The van der Waals surface area contributed by atoms with Crippen molar-refractivity contribution in [2.45, 2.75) is 20.3 Å². The van der Waals surface area contributed by atoms with Gasteiger partial charge in [0, 0.05) is 12.2 Å². The number of rotatable bonds is 8. The van der Waals surface area contributed by atoms with Crippen molar-refractivity contribution >= 4 is 23.0 Å². The van der Waals surface area contributed by atoms with Gasteiger partial charge in [-0.15, -0.1) is 0 Å². The molecule has 0 saturated carbocycles. The summed E-state index contributed by atoms with van der Waals surface area (Å²) >= 11 is 0. The summed E-state index contributed by atoms with van der Waals surface area (Å²) in [6.07, 6.45) is 2.19. The average Bonchev–Trinajstić information content (AvgIpc) is 2.55. The summed E-state index contributed by atoms with van der Waals surface area (Å²) in [4.78, 5) is 19.0. The van der Waals surface area contributed by atoms with E-state index in [4.69, 9.17) is 4.74 Å². The number of aromatic nitrogens is 2. The van der Waals surface area contributed by atoms with E-state index in [1.165, 1.54) is 6.33 Å². The van der Waals surface area contributed by atoms with Crippen LogP contribution in [-0.2, 0) is 0 Å². The zero-order valence-corrected chi connectivity index (χ0v) is 13.9. The predicted molar refractivity (Wildman–Crippen MR) is 92.9 cm³/mol. The third-order valence-corrected chi connectivity index (χ3v) is 3.37. The van der Waals surface area contributed by atoms with Gasteiger partial charge in [0.15, 0.2) is 0 Å². The van der Waals surface area contributed by atoms with E-state index in [0.717, 1.165) is 6.42 Å². The highest BCUT2D eigenvalue weighted by molar-refractivity contribution is 5.73. The summed E-state index contributed by atoms with van der Waals surface area (Å²) in [5, 5.41) is 17.4. The summed E-state index contributed by atoms with van der Waals surface area (Å²) < 4.78 is 5.09. The van der Waals surface area contributed by atoms with Gasteiger partial charge in [0.1, 0.15) is 12.1 Å². The quantitative estimate of drug-likeness (QED) is 0.563. The zero-order valence-electron chi connectivity index (χ0n) is 13.9. The predicted octanol–water partition coefficient (Wildman–Crippen LogP) is 3.60. The van der Waals surface area contributed by atoms with E-state index in [1.807, 2.05) is 0 Å². The highest BCUT2D eigenvalue weighted by Gasteiger charge is 2.23. The Morgan fingerprint density at radius 3 is 2.46 bits per heavy atom. The summed E-state index contributed by atoms with van der Waals surface area (Å²) in [5.74, 6) is 1.56. The molecule has 128 valence electrons. The molecule has 2 rings (SSSR count). The van der Waals surface area contributed by atoms with Crippen molar-refractivity contribution in [1.29, 1.82) is 0 Å². The van der Waals surface area contributed by atoms with Crippen LogP contribution in [0, 0.1) is 16.0 Å². The normalized spacial score (nSPS) is 10.5. The van der Waals surface area contributed by atoms with E-state index in [1.54, 1.807) is 31.4 Å². The lowest BCUT2D eigenvalue weighted by Crippen LogP contribution is -2.10. The minimum Gasteiger partial charge on any atom is -0.497 e. The fourth-order valence-corrected chi connectivity index (χ4v) is 2.06. The molecule has 0 atom stereocenters. The van der Waals surface area contributed by atoms with Crippen LogP contribution in [0.2, 0.25) is 0 Å². The molecule has 8 heteroatoms. The fourth-order valence-electron chi connectivity index (χ4n) is 2.06. The molecule has 0 aliphatic rings. The molecule has 8 nitrogen and oxygen atoms in total. The fraction of sp³-hybridized carbons (Fsp3) is 0.375. The first-order valence-corrected chi connectivity index (χ1v) is 7.65. The van der Waals surface area contributed by atoms with Crippen LogP contribution in [0.5, 0.6) is 5.75 Å². The molecule has 1 aromatic heterocycles. The molecule has 24 heavy (non-hydrogen) atoms. The number of hydrogen-bond donors (Lipinski definition) is 2. The van der Waals surface area contributed by atoms with E-state index in [9.17, 15) is 10.1 Å². The van der Waals surface area contributed by atoms with E-state index >= 15 is 0 Å². The Labute approximate surface area is 140 Å². The van der Waals surface area contributed by atoms with Crippen LogP contribution in [0.1, 0.15) is 20.3 Å². The van der Waals surface area contributed by atoms with Crippen LogP contribution in [0.25, 0.3) is 0 Å². The Morgan fingerprint density at radius 2 is 1.88 bits per heavy atom. The number of nitro groups is 1. The van der Waals surface area contributed by atoms with Crippen LogP contribution in [0.4, 0.5) is 23.0 Å². The molecule has 1 heterocycles. The van der Waals surface area contributed by atoms with Gasteiger partial charge in [-0.3, -0.25) is 10.1 Å². The monoisotopic (exact) mass is 331 g/mol. The molecule has 0 radical (unpaired) electrons. The molecule has 0 aliphatic carbocycles. The van der Waals surface area contributed by atoms with E-state index in [-0.39, 0.29) is 17.3 Å². The first kappa shape index (κ1) is 17.5. The summed E-state index contributed by atoms with van der Waals surface area (Å²) in [6.45, 7) is 4.79. The standard InChI is InChI=1S/C16H21N5O3/c1-11(2)8-9-17-15-14(21(22)23)16(19-10-18-15)20-12-4-6-13(24-3)7-5-12/h4-7,10-11H,8-9H2,1-3H3,(H2,17,18,19,20). The van der Waals surface area contributed by atoms with Crippen molar-refractivity contribution in [2.75, 3.05) is 24.3 Å². The molecule has 0 amide bonds. The molecule has 0 aliphatic heterocycles. The molecule has 2 aromatic rings. The molecular formula is C16H21N5O3. The van der Waals surface area contributed by atoms with Gasteiger partial charge in [-0.05, 0) is 36.6 Å². The molecule has 0 bridgehead atoms. The smallest absolute Gasteiger partial charge is 0.353 e. The third kappa shape index (κ3) is 4.55. The van der Waals surface area contributed by atoms with E-state index in [0.29, 0.717) is 23.9 Å². The second kappa shape index (κ2) is 8.09. The molecule has 0 fully saturated rings. The van der Waals surface area contributed by atoms with Crippen LogP contribution in [0.3, 0.4) is 0 Å². The van der Waals surface area contributed by atoms with Gasteiger partial charge < -0.3 is 15.4 Å². The summed E-state index contributed by atoms with van der Waals surface area (Å²) in [5.41, 5.74) is 0.503. The first-order valence-electron chi connectivity index (χ1n) is 7.65. The first-order chi connectivity index (χ1) is 11.5. The van der Waals surface area contributed by atoms with Crippen molar-refractivity contribution in [3.63, 3.8) is 0 Å². The van der Waals surface area contributed by atoms with Crippen molar-refractivity contribution in [2.24, 2.45) is 5.92 Å². The lowest BCUT2D eigenvalue weighted by molar-refractivity contribution is -0.383. The molecule has 0 unspecified atom stereocenters. The number of ether oxygens (including phenoxy) is 1. The second-order valence-corrected chi connectivity index (χ2v) is 5.64. The molecular weight excluding hydrogens is 310 g/mol. The third-order valence-electron chi connectivity index (χ3n) is 3.37. The Bertz CT molecular complexity index is 689. The minimum atomic E-state index is -0.483. The van der Waals surface area contributed by atoms with Gasteiger partial charge in [-0.1, -0.05) is 13.8 Å². The minimum absolute atomic E-state index is 0.146. The van der Waals surface area contributed by atoms with Crippen molar-refractivity contribution in [3.8, 4) is 5.75 Å². The highest BCUT2D eigenvalue weighted by Crippen LogP contribution is 2.31. The number of methoxy groups -OCH3 is 1. The SMILES string of the molecule is COc1ccc(Nc2ncnc(NCCC(C)C)c2[N+](=O)[O-])cc1. The van der Waals surface area contributed by atoms with Gasteiger partial charge in [0.05, 0.1) is 12.0 Å². The molecule has 0 spiro atoms. The molecule has 0 saturated heterocycles. The van der Waals surface area contributed by atoms with E-state index < -0.39 is 4.92 Å². The second-order valence-electron chi connectivity index (χ2n) is 5.64. The van der Waals surface area contributed by atoms with Crippen LogP contribution >= 0.6 is 0 Å². The highest BCUT2D eigenvalue weighted by atomic mass is 16.6. The van der Waals surface area contributed by atoms with Gasteiger partial charge in [-0.25, -0.2) is 9.97 Å². The van der Waals surface area contributed by atoms with Gasteiger partial charge in [0.25, 0.3) is 0 Å². The Hall–Kier alpha value is -2.90. The Balaban J connectivity index is 2.23. The van der Waals surface area contributed by atoms with Gasteiger partial charge in [0.2, 0.25) is 11.6 Å². The Kier molecular flexibility index (Phi) is 5.89. The lowest BCUT2D eigenvalue weighted by atomic mass is 10.1. The molecule has 1 aromatic carbocycles. The number of nitrogens with one attached hydrogen (secondary N) is 2. The van der Waals surface area contributed by atoms with Crippen molar-refractivity contribution in [1.82, 2.24) is 9.97 Å². The largest absolute Gasteiger partial charge is 0.497 e. The number of anilines is 3.